The maximum atomic E-state index is 11.9. The summed E-state index contributed by atoms with van der Waals surface area (Å²) in [5, 5.41) is 13.4. The van der Waals surface area contributed by atoms with E-state index in [1.807, 2.05) is 0 Å². The van der Waals surface area contributed by atoms with Gasteiger partial charge in [-0.1, -0.05) is 6.07 Å². The van der Waals surface area contributed by atoms with Crippen LogP contribution in [0.25, 0.3) is 0 Å². The van der Waals surface area contributed by atoms with Gasteiger partial charge in [0, 0.05) is 19.8 Å². The van der Waals surface area contributed by atoms with E-state index in [0.29, 0.717) is 19.4 Å². The highest BCUT2D eigenvalue weighted by molar-refractivity contribution is 5.96. The van der Waals surface area contributed by atoms with E-state index in [1.165, 1.54) is 12.1 Å². The second-order valence-corrected chi connectivity index (χ2v) is 4.51. The third kappa shape index (κ3) is 4.60. The van der Waals surface area contributed by atoms with Crippen molar-refractivity contribution in [2.45, 2.75) is 25.8 Å². The van der Waals surface area contributed by atoms with Crippen LogP contribution in [0.2, 0.25) is 0 Å². The van der Waals surface area contributed by atoms with Gasteiger partial charge in [-0.25, -0.2) is 0 Å². The molecule has 1 rings (SSSR count). The van der Waals surface area contributed by atoms with Gasteiger partial charge in [0.05, 0.1) is 11.0 Å². The van der Waals surface area contributed by atoms with Gasteiger partial charge in [-0.15, -0.1) is 0 Å². The molecule has 0 heterocycles. The highest BCUT2D eigenvalue weighted by atomic mass is 16.6. The Kier molecular flexibility index (Phi) is 6.08. The van der Waals surface area contributed by atoms with Crippen molar-refractivity contribution in [2.75, 3.05) is 19.0 Å². The van der Waals surface area contributed by atoms with E-state index in [4.69, 9.17) is 10.5 Å². The molecule has 0 spiro atoms. The monoisotopic (exact) mass is 281 g/mol. The molecule has 7 nitrogen and oxygen atoms in total. The molecule has 1 unspecified atom stereocenters. The second-order valence-electron chi connectivity index (χ2n) is 4.51. The third-order valence-corrected chi connectivity index (χ3v) is 2.81. The Bertz CT molecular complexity index is 491. The maximum Gasteiger partial charge on any atom is 0.293 e. The lowest BCUT2D eigenvalue weighted by atomic mass is 10.1. The van der Waals surface area contributed by atoms with Crippen LogP contribution in [0, 0.1) is 17.0 Å². The number of ether oxygens (including phenoxy) is 1. The average Bonchev–Trinajstić information content (AvgIpc) is 2.40. The molecule has 1 amide bonds. The SMILES string of the molecule is COCCCC(N)C(=O)Nc1ccc(C)cc1[N+](=O)[O-]. The number of anilines is 1. The van der Waals surface area contributed by atoms with Crippen molar-refractivity contribution >= 4 is 17.3 Å². The first-order valence-corrected chi connectivity index (χ1v) is 6.26. The number of nitro groups is 1. The quantitative estimate of drug-likeness (QED) is 0.448. The van der Waals surface area contributed by atoms with E-state index in [0.717, 1.165) is 5.56 Å². The summed E-state index contributed by atoms with van der Waals surface area (Å²) in [4.78, 5) is 22.3. The Balaban J connectivity index is 2.72. The summed E-state index contributed by atoms with van der Waals surface area (Å²) in [5.74, 6) is -0.437. The fraction of sp³-hybridized carbons (Fsp3) is 0.462. The Morgan fingerprint density at radius 2 is 2.25 bits per heavy atom. The molecule has 7 heteroatoms. The molecule has 0 aliphatic carbocycles. The van der Waals surface area contributed by atoms with Gasteiger partial charge in [-0.3, -0.25) is 14.9 Å². The van der Waals surface area contributed by atoms with Crippen molar-refractivity contribution in [3.8, 4) is 0 Å². The Labute approximate surface area is 117 Å². The van der Waals surface area contributed by atoms with E-state index in [9.17, 15) is 14.9 Å². The van der Waals surface area contributed by atoms with E-state index < -0.39 is 16.9 Å². The van der Waals surface area contributed by atoms with Gasteiger partial charge in [-0.2, -0.15) is 0 Å². The first kappa shape index (κ1) is 16.1. The van der Waals surface area contributed by atoms with Crippen LogP contribution in [0.3, 0.4) is 0 Å². The highest BCUT2D eigenvalue weighted by Gasteiger charge is 2.19. The largest absolute Gasteiger partial charge is 0.385 e. The molecule has 0 saturated heterocycles. The normalized spacial score (nSPS) is 11.9. The summed E-state index contributed by atoms with van der Waals surface area (Å²) < 4.78 is 4.88. The van der Waals surface area contributed by atoms with Gasteiger partial charge in [0.15, 0.2) is 0 Å². The van der Waals surface area contributed by atoms with E-state index >= 15 is 0 Å². The van der Waals surface area contributed by atoms with Crippen LogP contribution < -0.4 is 11.1 Å². The molecule has 0 fully saturated rings. The number of hydrogen-bond donors (Lipinski definition) is 2. The van der Waals surface area contributed by atoms with Crippen molar-refractivity contribution in [1.29, 1.82) is 0 Å². The second kappa shape index (κ2) is 7.56. The maximum absolute atomic E-state index is 11.9. The van der Waals surface area contributed by atoms with Gasteiger partial charge < -0.3 is 15.8 Å². The molecule has 0 aromatic heterocycles. The lowest BCUT2D eigenvalue weighted by Crippen LogP contribution is -2.35. The number of nitrogens with one attached hydrogen (secondary N) is 1. The van der Waals surface area contributed by atoms with Gasteiger partial charge in [-0.05, 0) is 31.4 Å². The fourth-order valence-electron chi connectivity index (χ4n) is 1.70. The topological polar surface area (TPSA) is 107 Å². The summed E-state index contributed by atoms with van der Waals surface area (Å²) in [6.07, 6.45) is 1.11. The van der Waals surface area contributed by atoms with Crippen LogP contribution in [-0.2, 0) is 9.53 Å². The summed E-state index contributed by atoms with van der Waals surface area (Å²) in [6.45, 7) is 2.26. The molecular formula is C13H19N3O4. The van der Waals surface area contributed by atoms with Gasteiger partial charge in [0.1, 0.15) is 5.69 Å². The van der Waals surface area contributed by atoms with Crippen LogP contribution in [0.4, 0.5) is 11.4 Å². The van der Waals surface area contributed by atoms with Gasteiger partial charge in [0.2, 0.25) is 5.91 Å². The first-order chi connectivity index (χ1) is 9.45. The zero-order valence-electron chi connectivity index (χ0n) is 11.6. The minimum absolute atomic E-state index is 0.137. The van der Waals surface area contributed by atoms with E-state index in [2.05, 4.69) is 5.32 Å². The van der Waals surface area contributed by atoms with Crippen molar-refractivity contribution in [3.05, 3.63) is 33.9 Å². The van der Waals surface area contributed by atoms with Crippen LogP contribution in [0.15, 0.2) is 18.2 Å². The number of carbonyl (C=O) groups is 1. The Morgan fingerprint density at radius 3 is 2.85 bits per heavy atom. The Hall–Kier alpha value is -1.99. The zero-order chi connectivity index (χ0) is 15.1. The number of methoxy groups -OCH3 is 1. The van der Waals surface area contributed by atoms with E-state index in [-0.39, 0.29) is 11.4 Å². The minimum Gasteiger partial charge on any atom is -0.385 e. The minimum atomic E-state index is -0.717. The molecule has 0 saturated carbocycles. The summed E-state index contributed by atoms with van der Waals surface area (Å²) in [7, 11) is 1.57. The molecule has 1 aromatic rings. The molecule has 20 heavy (non-hydrogen) atoms. The van der Waals surface area contributed by atoms with Crippen molar-refractivity contribution in [2.24, 2.45) is 5.73 Å². The van der Waals surface area contributed by atoms with Gasteiger partial charge >= 0.3 is 0 Å². The van der Waals surface area contributed by atoms with Crippen molar-refractivity contribution in [1.82, 2.24) is 0 Å². The molecule has 0 aliphatic rings. The fourth-order valence-corrected chi connectivity index (χ4v) is 1.70. The third-order valence-electron chi connectivity index (χ3n) is 2.81. The number of rotatable bonds is 7. The molecule has 110 valence electrons. The summed E-state index contributed by atoms with van der Waals surface area (Å²) in [6, 6.07) is 3.89. The molecule has 0 radical (unpaired) electrons. The van der Waals surface area contributed by atoms with Crippen molar-refractivity contribution < 1.29 is 14.5 Å². The number of nitrogens with two attached hydrogens (primary N) is 1. The predicted octanol–water partition coefficient (Wildman–Crippen LogP) is 1.60. The molecule has 3 N–H and O–H groups in total. The van der Waals surface area contributed by atoms with Crippen LogP contribution in [0.1, 0.15) is 18.4 Å². The smallest absolute Gasteiger partial charge is 0.293 e. The zero-order valence-corrected chi connectivity index (χ0v) is 11.6. The predicted molar refractivity (Wildman–Crippen MR) is 75.5 cm³/mol. The summed E-state index contributed by atoms with van der Waals surface area (Å²) in [5.41, 5.74) is 6.50. The number of aryl methyl sites for hydroxylation is 1. The van der Waals surface area contributed by atoms with Crippen LogP contribution in [0.5, 0.6) is 0 Å². The van der Waals surface area contributed by atoms with Crippen molar-refractivity contribution in [3.63, 3.8) is 0 Å². The number of amides is 1. The van der Waals surface area contributed by atoms with Gasteiger partial charge in [0.25, 0.3) is 5.69 Å². The molecule has 1 aromatic carbocycles. The number of nitrogens with zero attached hydrogens (tertiary/aromatic N) is 1. The lowest BCUT2D eigenvalue weighted by Gasteiger charge is -2.12. The summed E-state index contributed by atoms with van der Waals surface area (Å²) >= 11 is 0. The first-order valence-electron chi connectivity index (χ1n) is 6.26. The molecule has 1 atom stereocenters. The van der Waals surface area contributed by atoms with E-state index in [1.54, 1.807) is 20.1 Å². The number of benzene rings is 1. The van der Waals surface area contributed by atoms with Crippen LogP contribution in [-0.4, -0.2) is 30.6 Å². The van der Waals surface area contributed by atoms with Crippen LogP contribution >= 0.6 is 0 Å². The number of hydrogen-bond acceptors (Lipinski definition) is 5. The number of carbonyl (C=O) groups excluding carboxylic acids is 1. The standard InChI is InChI=1S/C13H19N3O4/c1-9-5-6-11(12(8-9)16(18)19)15-13(17)10(14)4-3-7-20-2/h5-6,8,10H,3-4,7,14H2,1-2H3,(H,15,17). The number of nitro benzene ring substituents is 1. The lowest BCUT2D eigenvalue weighted by molar-refractivity contribution is -0.384. The highest BCUT2D eigenvalue weighted by Crippen LogP contribution is 2.25. The molecule has 0 bridgehead atoms. The molecule has 0 aliphatic heterocycles. The average molecular weight is 281 g/mol. The Morgan fingerprint density at radius 1 is 1.55 bits per heavy atom. The molecular weight excluding hydrogens is 262 g/mol.